The molecule has 1 aromatic rings. The zero-order chi connectivity index (χ0) is 17.9. The van der Waals surface area contributed by atoms with Gasteiger partial charge in [-0.3, -0.25) is 0 Å². The first-order valence-corrected chi connectivity index (χ1v) is 8.83. The average molecular weight is 336 g/mol. The van der Waals surface area contributed by atoms with E-state index in [1.54, 1.807) is 0 Å². The maximum atomic E-state index is 11.0. The quantitative estimate of drug-likeness (QED) is 0.501. The molecule has 1 aromatic carbocycles. The molecular formula is C19H32N2O3. The molecule has 0 aliphatic carbocycles. The first-order valence-electron chi connectivity index (χ1n) is 8.83. The average Bonchev–Trinajstić information content (AvgIpc) is 2.52. The van der Waals surface area contributed by atoms with Crippen molar-refractivity contribution in [2.75, 3.05) is 6.54 Å². The first kappa shape index (κ1) is 20.5. The van der Waals surface area contributed by atoms with Gasteiger partial charge in [-0.2, -0.15) is 0 Å². The molecule has 4 N–H and O–H groups in total. The second-order valence-electron chi connectivity index (χ2n) is 6.95. The van der Waals surface area contributed by atoms with E-state index in [9.17, 15) is 9.90 Å². The highest BCUT2D eigenvalue weighted by Gasteiger charge is 2.22. The minimum atomic E-state index is -1.11. The van der Waals surface area contributed by atoms with Crippen molar-refractivity contribution >= 4 is 6.09 Å². The lowest BCUT2D eigenvalue weighted by molar-refractivity contribution is 0.115. The van der Waals surface area contributed by atoms with E-state index in [0.717, 1.165) is 18.4 Å². The zero-order valence-electron chi connectivity index (χ0n) is 15.0. The van der Waals surface area contributed by atoms with Gasteiger partial charge in [0.15, 0.2) is 0 Å². The van der Waals surface area contributed by atoms with Crippen molar-refractivity contribution in [3.05, 3.63) is 35.9 Å². The third-order valence-corrected chi connectivity index (χ3v) is 4.17. The zero-order valence-corrected chi connectivity index (χ0v) is 15.0. The van der Waals surface area contributed by atoms with E-state index >= 15 is 0 Å². The van der Waals surface area contributed by atoms with Gasteiger partial charge < -0.3 is 20.8 Å². The number of hydrogen-bond acceptors (Lipinski definition) is 3. The van der Waals surface area contributed by atoms with Crippen LogP contribution in [0.25, 0.3) is 0 Å². The second kappa shape index (κ2) is 11.0. The fourth-order valence-electron chi connectivity index (χ4n) is 2.71. The summed E-state index contributed by atoms with van der Waals surface area (Å²) in [5.41, 5.74) is 1.00. The van der Waals surface area contributed by atoms with E-state index in [1.807, 2.05) is 30.3 Å². The topological polar surface area (TPSA) is 81.6 Å². The molecule has 5 heteroatoms. The van der Waals surface area contributed by atoms with Crippen LogP contribution in [0.2, 0.25) is 0 Å². The summed E-state index contributed by atoms with van der Waals surface area (Å²) in [6.45, 7) is 6.91. The van der Waals surface area contributed by atoms with Gasteiger partial charge in [0, 0.05) is 12.6 Å². The monoisotopic (exact) mass is 336 g/mol. The summed E-state index contributed by atoms with van der Waals surface area (Å²) in [4.78, 5) is 11.0. The highest BCUT2D eigenvalue weighted by atomic mass is 16.4. The first-order chi connectivity index (χ1) is 11.4. The Morgan fingerprint density at radius 3 is 2.38 bits per heavy atom. The molecule has 0 aliphatic heterocycles. The third-order valence-electron chi connectivity index (χ3n) is 4.17. The molecule has 0 spiro atoms. The lowest BCUT2D eigenvalue weighted by atomic mass is 10.0. The number of carbonyl (C=O) groups is 1. The van der Waals surface area contributed by atoms with Gasteiger partial charge in [0.25, 0.3) is 0 Å². The maximum absolute atomic E-state index is 11.0. The normalized spacial score (nSPS) is 15.0. The Morgan fingerprint density at radius 1 is 1.12 bits per heavy atom. The largest absolute Gasteiger partial charge is 0.465 e. The lowest BCUT2D eigenvalue weighted by Crippen LogP contribution is -2.49. The van der Waals surface area contributed by atoms with Crippen molar-refractivity contribution in [3.8, 4) is 0 Å². The Morgan fingerprint density at radius 2 is 1.79 bits per heavy atom. The standard InChI is InChI=1S/C19H32N2O3/c1-14(2)8-7-9-15(3)20-13-18(22)17(21-19(23)24)12-16-10-5-4-6-11-16/h4-6,10-11,14-15,17-18,20-22H,7-9,12-13H2,1-3H3,(H,23,24)/t15?,17-,18+/m0/s1. The predicted molar refractivity (Wildman–Crippen MR) is 97.3 cm³/mol. The molecular weight excluding hydrogens is 304 g/mol. The van der Waals surface area contributed by atoms with Crippen molar-refractivity contribution in [2.45, 2.75) is 64.6 Å². The van der Waals surface area contributed by atoms with Crippen LogP contribution in [0, 0.1) is 5.92 Å². The van der Waals surface area contributed by atoms with E-state index in [0.29, 0.717) is 24.9 Å². The summed E-state index contributed by atoms with van der Waals surface area (Å²) in [5, 5.41) is 25.2. The van der Waals surface area contributed by atoms with Gasteiger partial charge in [-0.25, -0.2) is 4.79 Å². The van der Waals surface area contributed by atoms with Crippen molar-refractivity contribution in [2.24, 2.45) is 5.92 Å². The molecule has 1 rings (SSSR count). The molecule has 0 aliphatic rings. The Kier molecular flexibility index (Phi) is 9.42. The number of aliphatic hydroxyl groups is 1. The smallest absolute Gasteiger partial charge is 0.404 e. The van der Waals surface area contributed by atoms with Crippen LogP contribution < -0.4 is 10.6 Å². The number of rotatable bonds is 11. The molecule has 1 amide bonds. The Bertz CT molecular complexity index is 465. The molecule has 0 radical (unpaired) electrons. The Hall–Kier alpha value is -1.59. The van der Waals surface area contributed by atoms with Crippen LogP contribution in [0.5, 0.6) is 0 Å². The molecule has 1 unspecified atom stereocenters. The van der Waals surface area contributed by atoms with E-state index in [4.69, 9.17) is 5.11 Å². The van der Waals surface area contributed by atoms with E-state index in [2.05, 4.69) is 31.4 Å². The molecule has 0 fully saturated rings. The van der Waals surface area contributed by atoms with Crippen molar-refractivity contribution in [1.29, 1.82) is 0 Å². The molecule has 0 saturated heterocycles. The molecule has 3 atom stereocenters. The summed E-state index contributed by atoms with van der Waals surface area (Å²) < 4.78 is 0. The van der Waals surface area contributed by atoms with Crippen LogP contribution in [0.15, 0.2) is 30.3 Å². The number of carboxylic acid groups (broad SMARTS) is 1. The van der Waals surface area contributed by atoms with Crippen molar-refractivity contribution < 1.29 is 15.0 Å². The van der Waals surface area contributed by atoms with Gasteiger partial charge >= 0.3 is 6.09 Å². The lowest BCUT2D eigenvalue weighted by Gasteiger charge is -2.25. The van der Waals surface area contributed by atoms with Crippen LogP contribution in [0.4, 0.5) is 4.79 Å². The fourth-order valence-corrected chi connectivity index (χ4v) is 2.71. The van der Waals surface area contributed by atoms with E-state index < -0.39 is 18.2 Å². The van der Waals surface area contributed by atoms with Gasteiger partial charge in [0.1, 0.15) is 0 Å². The molecule has 0 heterocycles. The number of hydrogen-bond donors (Lipinski definition) is 4. The highest BCUT2D eigenvalue weighted by Crippen LogP contribution is 2.09. The number of benzene rings is 1. The predicted octanol–water partition coefficient (Wildman–Crippen LogP) is 3.03. The minimum absolute atomic E-state index is 0.306. The van der Waals surface area contributed by atoms with Crippen LogP contribution in [-0.2, 0) is 6.42 Å². The van der Waals surface area contributed by atoms with Gasteiger partial charge in [0.2, 0.25) is 0 Å². The van der Waals surface area contributed by atoms with Gasteiger partial charge in [-0.05, 0) is 31.2 Å². The molecule has 5 nitrogen and oxygen atoms in total. The van der Waals surface area contributed by atoms with Gasteiger partial charge in [0.05, 0.1) is 12.1 Å². The van der Waals surface area contributed by atoms with Crippen LogP contribution in [0.1, 0.15) is 45.6 Å². The van der Waals surface area contributed by atoms with Crippen molar-refractivity contribution in [1.82, 2.24) is 10.6 Å². The van der Waals surface area contributed by atoms with Gasteiger partial charge in [-0.1, -0.05) is 57.0 Å². The Balaban J connectivity index is 2.46. The number of aliphatic hydroxyl groups excluding tert-OH is 1. The third kappa shape index (κ3) is 8.89. The van der Waals surface area contributed by atoms with E-state index in [-0.39, 0.29) is 0 Å². The number of nitrogens with one attached hydrogen (secondary N) is 2. The van der Waals surface area contributed by atoms with Crippen LogP contribution in [-0.4, -0.2) is 41.0 Å². The van der Waals surface area contributed by atoms with E-state index in [1.165, 1.54) is 6.42 Å². The second-order valence-corrected chi connectivity index (χ2v) is 6.95. The highest BCUT2D eigenvalue weighted by molar-refractivity contribution is 5.65. The Labute approximate surface area is 145 Å². The fraction of sp³-hybridized carbons (Fsp3) is 0.632. The molecule has 0 saturated carbocycles. The van der Waals surface area contributed by atoms with Crippen LogP contribution >= 0.6 is 0 Å². The summed E-state index contributed by atoms with van der Waals surface area (Å²) in [5.74, 6) is 0.706. The summed E-state index contributed by atoms with van der Waals surface area (Å²) in [6.07, 6.45) is 2.00. The molecule has 0 bridgehead atoms. The molecule has 24 heavy (non-hydrogen) atoms. The maximum Gasteiger partial charge on any atom is 0.404 e. The number of amides is 1. The summed E-state index contributed by atoms with van der Waals surface area (Å²) in [7, 11) is 0. The molecule has 0 aromatic heterocycles. The van der Waals surface area contributed by atoms with Crippen LogP contribution in [0.3, 0.4) is 0 Å². The summed E-state index contributed by atoms with van der Waals surface area (Å²) in [6, 6.07) is 9.39. The molecule has 136 valence electrons. The van der Waals surface area contributed by atoms with Crippen molar-refractivity contribution in [3.63, 3.8) is 0 Å². The SMILES string of the molecule is CC(C)CCCC(C)NC[C@@H](O)[C@H](Cc1ccccc1)NC(=O)O. The summed E-state index contributed by atoms with van der Waals surface area (Å²) >= 11 is 0. The minimum Gasteiger partial charge on any atom is -0.465 e. The van der Waals surface area contributed by atoms with Gasteiger partial charge in [-0.15, -0.1) is 0 Å².